The average Bonchev–Trinajstić information content (AvgIpc) is 2.52. The molecule has 0 unspecified atom stereocenters. The Morgan fingerprint density at radius 2 is 1.64 bits per heavy atom. The molecule has 0 bridgehead atoms. The van der Waals surface area contributed by atoms with Crippen molar-refractivity contribution in [3.63, 3.8) is 0 Å². The van der Waals surface area contributed by atoms with Crippen LogP contribution in [0.25, 0.3) is 0 Å². The Morgan fingerprint density at radius 3 is 2.20 bits per heavy atom. The zero-order valence-electron chi connectivity index (χ0n) is 14.5. The zero-order valence-corrected chi connectivity index (χ0v) is 21.6. The number of hydrogen-bond acceptors (Lipinski definition) is 4. The number of benzene rings is 2. The number of rotatable bonds is 6. The van der Waals surface area contributed by atoms with Gasteiger partial charge in [-0.05, 0) is 30.0 Å². The molecule has 2 N–H and O–H groups in total. The van der Waals surface area contributed by atoms with Crippen molar-refractivity contribution >= 4 is 117 Å². The SMILES string of the molecule is COC(=O)c1c(CCc2ccccc2)cccc1OP(=O)(O)O.[K].[K]. The smallest absolute Gasteiger partial charge is 0.465 e. The first kappa shape index (κ1) is 26.1. The summed E-state index contributed by atoms with van der Waals surface area (Å²) in [6.45, 7) is 0. The fourth-order valence-electron chi connectivity index (χ4n) is 2.25. The Labute approximate surface area is 231 Å². The van der Waals surface area contributed by atoms with Gasteiger partial charge in [0.05, 0.1) is 7.11 Å². The van der Waals surface area contributed by atoms with Crippen molar-refractivity contribution in [3.8, 4) is 5.75 Å². The molecule has 0 aliphatic heterocycles. The van der Waals surface area contributed by atoms with E-state index in [0.29, 0.717) is 18.4 Å². The molecule has 0 amide bonds. The largest absolute Gasteiger partial charge is 0.524 e. The molecular formula is C16H17K2O6P. The molecule has 0 atom stereocenters. The first-order chi connectivity index (χ1) is 10.9. The van der Waals surface area contributed by atoms with Crippen LogP contribution in [0.1, 0.15) is 21.5 Å². The van der Waals surface area contributed by atoms with E-state index in [0.717, 1.165) is 5.56 Å². The third-order valence-electron chi connectivity index (χ3n) is 3.25. The standard InChI is InChI=1S/C16H17O6P.2K/c1-21-16(17)15-13(11-10-12-6-3-2-4-7-12)8-5-9-14(15)22-23(18,19)20;;/h2-9H,10-11H2,1H3,(H2,18,19,20);;. The van der Waals surface area contributed by atoms with Gasteiger partial charge in [0.1, 0.15) is 11.3 Å². The molecule has 2 aromatic rings. The van der Waals surface area contributed by atoms with Crippen LogP contribution in [-0.2, 0) is 22.1 Å². The van der Waals surface area contributed by atoms with Crippen LogP contribution in [0, 0.1) is 0 Å². The average molecular weight is 414 g/mol. The van der Waals surface area contributed by atoms with Gasteiger partial charge < -0.3 is 9.26 Å². The summed E-state index contributed by atoms with van der Waals surface area (Å²) in [5.74, 6) is -0.882. The fraction of sp³-hybridized carbons (Fsp3) is 0.188. The molecule has 0 fully saturated rings. The summed E-state index contributed by atoms with van der Waals surface area (Å²) in [6.07, 6.45) is 1.18. The maximum absolute atomic E-state index is 12.0. The molecule has 0 heterocycles. The molecule has 2 aromatic carbocycles. The van der Waals surface area contributed by atoms with Gasteiger partial charge in [0.15, 0.2) is 0 Å². The molecule has 25 heavy (non-hydrogen) atoms. The van der Waals surface area contributed by atoms with Crippen LogP contribution in [-0.4, -0.2) is 126 Å². The third kappa shape index (κ3) is 8.78. The van der Waals surface area contributed by atoms with Gasteiger partial charge in [0.25, 0.3) is 0 Å². The number of esters is 1. The van der Waals surface area contributed by atoms with Gasteiger partial charge in [0, 0.05) is 103 Å². The van der Waals surface area contributed by atoms with Crippen LogP contribution in [0.2, 0.25) is 0 Å². The monoisotopic (exact) mass is 414 g/mol. The molecule has 0 saturated carbocycles. The van der Waals surface area contributed by atoms with Gasteiger partial charge in [0.2, 0.25) is 0 Å². The molecule has 2 rings (SSSR count). The van der Waals surface area contributed by atoms with E-state index in [1.54, 1.807) is 12.1 Å². The van der Waals surface area contributed by atoms with Gasteiger partial charge in [-0.3, -0.25) is 9.79 Å². The first-order valence-electron chi connectivity index (χ1n) is 6.90. The van der Waals surface area contributed by atoms with E-state index >= 15 is 0 Å². The predicted molar refractivity (Wildman–Crippen MR) is 95.8 cm³/mol. The molecule has 0 saturated heterocycles. The van der Waals surface area contributed by atoms with Crippen molar-refractivity contribution in [1.29, 1.82) is 0 Å². The van der Waals surface area contributed by atoms with Gasteiger partial charge in [-0.15, -0.1) is 0 Å². The van der Waals surface area contributed by atoms with Crippen molar-refractivity contribution in [3.05, 3.63) is 65.2 Å². The molecule has 0 spiro atoms. The fourth-order valence-corrected chi connectivity index (χ4v) is 2.65. The quantitative estimate of drug-likeness (QED) is 0.427. The van der Waals surface area contributed by atoms with Crippen LogP contribution in [0.4, 0.5) is 0 Å². The summed E-state index contributed by atoms with van der Waals surface area (Å²) in [6, 6.07) is 14.3. The minimum atomic E-state index is -4.77. The second-order valence-corrected chi connectivity index (χ2v) is 6.01. The molecule has 2 radical (unpaired) electrons. The topological polar surface area (TPSA) is 93.1 Å². The summed E-state index contributed by atoms with van der Waals surface area (Å²) in [5.41, 5.74) is 1.73. The van der Waals surface area contributed by atoms with Crippen LogP contribution in [0.5, 0.6) is 5.75 Å². The molecule has 0 aliphatic rings. The molecule has 124 valence electrons. The molecule has 0 aromatic heterocycles. The number of carbonyl (C=O) groups excluding carboxylic acids is 1. The van der Waals surface area contributed by atoms with Gasteiger partial charge >= 0.3 is 13.8 Å². The summed E-state index contributed by atoms with van der Waals surface area (Å²) in [7, 11) is -3.56. The second-order valence-electron chi connectivity index (χ2n) is 4.85. The van der Waals surface area contributed by atoms with E-state index in [2.05, 4.69) is 4.52 Å². The van der Waals surface area contributed by atoms with E-state index in [9.17, 15) is 9.36 Å². The van der Waals surface area contributed by atoms with Crippen LogP contribution >= 0.6 is 7.82 Å². The van der Waals surface area contributed by atoms with Gasteiger partial charge in [-0.1, -0.05) is 42.5 Å². The Bertz CT molecular complexity index is 733. The molecule has 9 heteroatoms. The number of aryl methyl sites for hydroxylation is 2. The predicted octanol–water partition coefficient (Wildman–Crippen LogP) is 1.97. The first-order valence-corrected chi connectivity index (χ1v) is 8.43. The Balaban J connectivity index is 0.00000288. The van der Waals surface area contributed by atoms with E-state index in [4.69, 9.17) is 14.5 Å². The number of hydrogen-bond donors (Lipinski definition) is 2. The minimum absolute atomic E-state index is 0. The van der Waals surface area contributed by atoms with E-state index in [1.807, 2.05) is 30.3 Å². The molecule has 6 nitrogen and oxygen atoms in total. The number of methoxy groups -OCH3 is 1. The Kier molecular flexibility index (Phi) is 13.1. The van der Waals surface area contributed by atoms with Crippen LogP contribution in [0.15, 0.2) is 48.5 Å². The summed E-state index contributed by atoms with van der Waals surface area (Å²) < 4.78 is 20.4. The number of phosphoric acid groups is 1. The van der Waals surface area contributed by atoms with E-state index < -0.39 is 13.8 Å². The maximum Gasteiger partial charge on any atom is 0.524 e. The summed E-state index contributed by atoms with van der Waals surface area (Å²) >= 11 is 0. The van der Waals surface area contributed by atoms with Crippen LogP contribution in [0.3, 0.4) is 0 Å². The molecule has 0 aliphatic carbocycles. The van der Waals surface area contributed by atoms with E-state index in [-0.39, 0.29) is 114 Å². The third-order valence-corrected chi connectivity index (χ3v) is 3.68. The number of carbonyl (C=O) groups is 1. The van der Waals surface area contributed by atoms with Crippen molar-refractivity contribution < 1.29 is 28.4 Å². The van der Waals surface area contributed by atoms with Crippen molar-refractivity contribution in [2.75, 3.05) is 7.11 Å². The summed E-state index contributed by atoms with van der Waals surface area (Å²) in [5, 5.41) is 0. The van der Waals surface area contributed by atoms with Gasteiger partial charge in [-0.25, -0.2) is 9.36 Å². The van der Waals surface area contributed by atoms with Crippen molar-refractivity contribution in [2.45, 2.75) is 12.8 Å². The Hall–Kier alpha value is 1.13. The number of phosphoric ester groups is 1. The number of ether oxygens (including phenoxy) is 1. The van der Waals surface area contributed by atoms with Crippen molar-refractivity contribution in [1.82, 2.24) is 0 Å². The van der Waals surface area contributed by atoms with Crippen molar-refractivity contribution in [2.24, 2.45) is 0 Å². The molecular weight excluding hydrogens is 397 g/mol. The second kappa shape index (κ2) is 12.6. The Morgan fingerprint density at radius 1 is 1.00 bits per heavy atom. The zero-order chi connectivity index (χ0) is 16.9. The minimum Gasteiger partial charge on any atom is -0.465 e. The van der Waals surface area contributed by atoms with Gasteiger partial charge in [-0.2, -0.15) is 0 Å². The summed E-state index contributed by atoms with van der Waals surface area (Å²) in [4.78, 5) is 30.0. The van der Waals surface area contributed by atoms with E-state index in [1.165, 1.54) is 13.2 Å². The maximum atomic E-state index is 12.0. The normalized spacial score (nSPS) is 10.2. The van der Waals surface area contributed by atoms with Crippen LogP contribution < -0.4 is 4.52 Å².